The van der Waals surface area contributed by atoms with E-state index >= 15 is 0 Å². The number of aromatic nitrogens is 1. The Morgan fingerprint density at radius 1 is 1.25 bits per heavy atom. The fraction of sp³-hybridized carbons (Fsp3) is 0.286. The number of hydrogen-bond donors (Lipinski definition) is 3. The molecule has 0 aliphatic heterocycles. The summed E-state index contributed by atoms with van der Waals surface area (Å²) in [6.45, 7) is 2.43. The Hall–Kier alpha value is -1.63. The smallest absolute Gasteiger partial charge is 0.242 e. The summed E-state index contributed by atoms with van der Waals surface area (Å²) in [4.78, 5) is 3.20. The minimum absolute atomic E-state index is 0.255. The van der Waals surface area contributed by atoms with Crippen LogP contribution in [0.4, 0.5) is 0 Å². The van der Waals surface area contributed by atoms with Crippen molar-refractivity contribution in [2.75, 3.05) is 7.05 Å². The van der Waals surface area contributed by atoms with Gasteiger partial charge in [0.2, 0.25) is 10.0 Å². The first-order valence-electron chi connectivity index (χ1n) is 6.42. The van der Waals surface area contributed by atoms with Gasteiger partial charge in [0.25, 0.3) is 0 Å². The van der Waals surface area contributed by atoms with E-state index in [4.69, 9.17) is 0 Å². The molecule has 0 aliphatic rings. The molecule has 2 aromatic rings. The molecule has 5 nitrogen and oxygen atoms in total. The third-order valence-electron chi connectivity index (χ3n) is 3.03. The third kappa shape index (κ3) is 3.47. The highest BCUT2D eigenvalue weighted by molar-refractivity contribution is 7.89. The van der Waals surface area contributed by atoms with Crippen LogP contribution >= 0.6 is 0 Å². The SMILES string of the molecule is CNCc1cc(S(=O)(=O)NC(C)c2ccccc2)c[nH]1. The van der Waals surface area contributed by atoms with Gasteiger partial charge < -0.3 is 10.3 Å². The monoisotopic (exact) mass is 293 g/mol. The van der Waals surface area contributed by atoms with Gasteiger partial charge in [0.1, 0.15) is 0 Å². The first kappa shape index (κ1) is 14.8. The van der Waals surface area contributed by atoms with E-state index in [0.717, 1.165) is 11.3 Å². The fourth-order valence-corrected chi connectivity index (χ4v) is 3.23. The average molecular weight is 293 g/mol. The van der Waals surface area contributed by atoms with E-state index in [2.05, 4.69) is 15.0 Å². The van der Waals surface area contributed by atoms with Crippen LogP contribution in [0, 0.1) is 0 Å². The van der Waals surface area contributed by atoms with Gasteiger partial charge in [-0.05, 0) is 25.6 Å². The summed E-state index contributed by atoms with van der Waals surface area (Å²) in [7, 11) is -1.70. The van der Waals surface area contributed by atoms with Crippen molar-refractivity contribution in [3.63, 3.8) is 0 Å². The van der Waals surface area contributed by atoms with Crippen LogP contribution in [0.1, 0.15) is 24.2 Å². The Balaban J connectivity index is 2.14. The van der Waals surface area contributed by atoms with E-state index in [9.17, 15) is 8.42 Å². The third-order valence-corrected chi connectivity index (χ3v) is 4.55. The van der Waals surface area contributed by atoms with Crippen LogP contribution in [0.25, 0.3) is 0 Å². The van der Waals surface area contributed by atoms with Crippen molar-refractivity contribution in [2.24, 2.45) is 0 Å². The van der Waals surface area contributed by atoms with Crippen LogP contribution in [-0.2, 0) is 16.6 Å². The summed E-state index contributed by atoms with van der Waals surface area (Å²) in [5.74, 6) is 0. The summed E-state index contributed by atoms with van der Waals surface area (Å²) in [5.41, 5.74) is 1.77. The fourth-order valence-electron chi connectivity index (χ4n) is 1.98. The number of sulfonamides is 1. The number of aromatic amines is 1. The number of benzene rings is 1. The lowest BCUT2D eigenvalue weighted by Crippen LogP contribution is -2.26. The molecule has 0 saturated heterocycles. The van der Waals surface area contributed by atoms with E-state index in [1.165, 1.54) is 6.20 Å². The molecule has 3 N–H and O–H groups in total. The molecular weight excluding hydrogens is 274 g/mol. The van der Waals surface area contributed by atoms with Crippen molar-refractivity contribution in [2.45, 2.75) is 24.4 Å². The lowest BCUT2D eigenvalue weighted by molar-refractivity contribution is 0.567. The highest BCUT2D eigenvalue weighted by Crippen LogP contribution is 2.17. The minimum Gasteiger partial charge on any atom is -0.363 e. The predicted molar refractivity (Wildman–Crippen MR) is 78.7 cm³/mol. The summed E-state index contributed by atoms with van der Waals surface area (Å²) in [5, 5.41) is 2.97. The van der Waals surface area contributed by atoms with E-state index in [1.54, 1.807) is 6.07 Å². The van der Waals surface area contributed by atoms with E-state index in [-0.39, 0.29) is 10.9 Å². The van der Waals surface area contributed by atoms with Crippen molar-refractivity contribution in [3.05, 3.63) is 53.9 Å². The second kappa shape index (κ2) is 6.21. The van der Waals surface area contributed by atoms with Crippen molar-refractivity contribution in [1.82, 2.24) is 15.0 Å². The maximum atomic E-state index is 12.3. The quantitative estimate of drug-likeness (QED) is 0.760. The molecule has 0 saturated carbocycles. The van der Waals surface area contributed by atoms with Gasteiger partial charge in [-0.15, -0.1) is 0 Å². The Kier molecular flexibility index (Phi) is 4.59. The van der Waals surface area contributed by atoms with E-state index < -0.39 is 10.0 Å². The van der Waals surface area contributed by atoms with E-state index in [1.807, 2.05) is 44.3 Å². The zero-order chi connectivity index (χ0) is 14.6. The lowest BCUT2D eigenvalue weighted by atomic mass is 10.1. The van der Waals surface area contributed by atoms with Gasteiger partial charge in [0.15, 0.2) is 0 Å². The van der Waals surface area contributed by atoms with Crippen molar-refractivity contribution >= 4 is 10.0 Å². The van der Waals surface area contributed by atoms with Crippen LogP contribution in [0.5, 0.6) is 0 Å². The standard InChI is InChI=1S/C14H19N3O2S/c1-11(12-6-4-3-5-7-12)17-20(18,19)14-8-13(9-15-2)16-10-14/h3-8,10-11,15-17H,9H2,1-2H3. The highest BCUT2D eigenvalue weighted by atomic mass is 32.2. The molecular formula is C14H19N3O2S. The molecule has 2 rings (SSSR count). The summed E-state index contributed by atoms with van der Waals surface area (Å²) >= 11 is 0. The molecule has 1 atom stereocenters. The molecule has 0 radical (unpaired) electrons. The Bertz CT molecular complexity index is 650. The zero-order valence-electron chi connectivity index (χ0n) is 11.6. The zero-order valence-corrected chi connectivity index (χ0v) is 12.4. The second-order valence-corrected chi connectivity index (χ2v) is 6.36. The summed E-state index contributed by atoms with van der Waals surface area (Å²) in [6, 6.07) is 10.8. The number of hydrogen-bond acceptors (Lipinski definition) is 3. The maximum Gasteiger partial charge on any atom is 0.242 e. The Morgan fingerprint density at radius 3 is 2.60 bits per heavy atom. The highest BCUT2D eigenvalue weighted by Gasteiger charge is 2.19. The molecule has 1 heterocycles. The van der Waals surface area contributed by atoms with Crippen molar-refractivity contribution in [3.8, 4) is 0 Å². The van der Waals surface area contributed by atoms with Crippen LogP contribution in [0.15, 0.2) is 47.5 Å². The topological polar surface area (TPSA) is 74.0 Å². The van der Waals surface area contributed by atoms with Gasteiger partial charge in [-0.2, -0.15) is 0 Å². The normalized spacial score (nSPS) is 13.3. The first-order valence-corrected chi connectivity index (χ1v) is 7.90. The molecule has 0 fully saturated rings. The number of H-pyrrole nitrogens is 1. The van der Waals surface area contributed by atoms with Crippen molar-refractivity contribution in [1.29, 1.82) is 0 Å². The molecule has 1 aromatic heterocycles. The predicted octanol–water partition coefficient (Wildman–Crippen LogP) is 1.77. The minimum atomic E-state index is -3.51. The molecule has 1 unspecified atom stereocenters. The van der Waals surface area contributed by atoms with Crippen LogP contribution in [0.2, 0.25) is 0 Å². The molecule has 0 amide bonds. The number of nitrogens with one attached hydrogen (secondary N) is 3. The van der Waals surface area contributed by atoms with Gasteiger partial charge in [-0.25, -0.2) is 13.1 Å². The Labute approximate surface area is 119 Å². The van der Waals surface area contributed by atoms with Gasteiger partial charge in [-0.3, -0.25) is 0 Å². The Morgan fingerprint density at radius 2 is 1.95 bits per heavy atom. The van der Waals surface area contributed by atoms with E-state index in [0.29, 0.717) is 6.54 Å². The van der Waals surface area contributed by atoms with Gasteiger partial charge in [0, 0.05) is 24.5 Å². The van der Waals surface area contributed by atoms with Gasteiger partial charge in [0.05, 0.1) is 4.90 Å². The summed E-state index contributed by atoms with van der Waals surface area (Å²) < 4.78 is 27.2. The second-order valence-electron chi connectivity index (χ2n) is 4.64. The molecule has 6 heteroatoms. The lowest BCUT2D eigenvalue weighted by Gasteiger charge is -2.13. The number of rotatable bonds is 6. The molecule has 1 aromatic carbocycles. The first-order chi connectivity index (χ1) is 9.53. The maximum absolute atomic E-state index is 12.3. The van der Waals surface area contributed by atoms with Gasteiger partial charge in [-0.1, -0.05) is 30.3 Å². The van der Waals surface area contributed by atoms with Gasteiger partial charge >= 0.3 is 0 Å². The average Bonchev–Trinajstić information content (AvgIpc) is 2.89. The molecule has 0 spiro atoms. The molecule has 108 valence electrons. The molecule has 0 aliphatic carbocycles. The molecule has 20 heavy (non-hydrogen) atoms. The van der Waals surface area contributed by atoms with Crippen LogP contribution < -0.4 is 10.0 Å². The van der Waals surface area contributed by atoms with Crippen molar-refractivity contribution < 1.29 is 8.42 Å². The molecule has 0 bridgehead atoms. The van der Waals surface area contributed by atoms with Crippen LogP contribution in [-0.4, -0.2) is 20.4 Å². The van der Waals surface area contributed by atoms with Crippen LogP contribution in [0.3, 0.4) is 0 Å². The largest absolute Gasteiger partial charge is 0.363 e. The summed E-state index contributed by atoms with van der Waals surface area (Å²) in [6.07, 6.45) is 1.51.